The van der Waals surface area contributed by atoms with E-state index in [1.54, 1.807) is 7.05 Å². The number of halogens is 2. The van der Waals surface area contributed by atoms with Crippen molar-refractivity contribution >= 4 is 47.4 Å². The summed E-state index contributed by atoms with van der Waals surface area (Å²) in [4.78, 5) is 15.8. The van der Waals surface area contributed by atoms with Gasteiger partial charge in [-0.2, -0.15) is 0 Å². The number of hydrogen-bond donors (Lipinski definition) is 1. The smallest absolute Gasteiger partial charge is 0.194 e. The highest BCUT2D eigenvalue weighted by Gasteiger charge is 2.15. The average Bonchev–Trinajstić information content (AvgIpc) is 3.00. The molecule has 3 rings (SSSR count). The fourth-order valence-electron chi connectivity index (χ4n) is 3.35. The summed E-state index contributed by atoms with van der Waals surface area (Å²) in [6.07, 6.45) is 3.86. The fourth-order valence-corrected chi connectivity index (χ4v) is 3.62. The molecular weight excluding hydrogens is 501 g/mol. The number of hydrogen-bond acceptors (Lipinski definition) is 4. The molecule has 1 N–H and O–H groups in total. The number of aryl methyl sites for hydroxylation is 1. The topological polar surface area (TPSA) is 51.9 Å². The summed E-state index contributed by atoms with van der Waals surface area (Å²) in [6, 6.07) is 6.23. The molecule has 9 heteroatoms. The van der Waals surface area contributed by atoms with Crippen molar-refractivity contribution in [2.75, 3.05) is 52.2 Å². The molecule has 2 aromatic rings. The number of nitrogens with zero attached hydrogens (tertiary/aromatic N) is 6. The minimum atomic E-state index is 0. The Kier molecular flexibility index (Phi) is 9.04. The van der Waals surface area contributed by atoms with Crippen molar-refractivity contribution in [3.05, 3.63) is 46.9 Å². The first-order valence-electron chi connectivity index (χ1n) is 9.57. The third-order valence-corrected chi connectivity index (χ3v) is 5.34. The maximum atomic E-state index is 6.08. The van der Waals surface area contributed by atoms with E-state index in [4.69, 9.17) is 11.6 Å². The summed E-state index contributed by atoms with van der Waals surface area (Å²) in [5.41, 5.74) is 2.27. The highest BCUT2D eigenvalue weighted by Crippen LogP contribution is 2.15. The van der Waals surface area contributed by atoms with Crippen molar-refractivity contribution in [1.29, 1.82) is 0 Å². The molecular formula is C20H31ClIN7. The van der Waals surface area contributed by atoms with Crippen LogP contribution < -0.4 is 10.2 Å². The van der Waals surface area contributed by atoms with Crippen LogP contribution in [0.25, 0.3) is 0 Å². The Labute approximate surface area is 195 Å². The second-order valence-electron chi connectivity index (χ2n) is 7.33. The maximum Gasteiger partial charge on any atom is 0.194 e. The Hall–Kier alpha value is -1.52. The molecule has 0 bridgehead atoms. The van der Waals surface area contributed by atoms with Gasteiger partial charge in [-0.1, -0.05) is 17.7 Å². The SMILES string of the molecule is CN=C(NCc1ccc(N2CCN(C)CC2)nc1)N(C)Cc1cc(Cl)cn1C.I. The number of piperazine rings is 1. The zero-order chi connectivity index (χ0) is 20.1. The second-order valence-corrected chi connectivity index (χ2v) is 7.77. The molecule has 0 saturated carbocycles. The van der Waals surface area contributed by atoms with Gasteiger partial charge in [-0.15, -0.1) is 24.0 Å². The van der Waals surface area contributed by atoms with Gasteiger partial charge in [-0.25, -0.2) is 4.98 Å². The third-order valence-electron chi connectivity index (χ3n) is 5.13. The molecule has 2 aromatic heterocycles. The number of aliphatic imine (C=N–C) groups is 1. The number of anilines is 1. The molecule has 1 aliphatic rings. The van der Waals surface area contributed by atoms with Gasteiger partial charge in [0.1, 0.15) is 5.82 Å². The summed E-state index contributed by atoms with van der Waals surface area (Å²) in [5, 5.41) is 4.16. The van der Waals surface area contributed by atoms with E-state index in [1.165, 1.54) is 0 Å². The fraction of sp³-hybridized carbons (Fsp3) is 0.500. The lowest BCUT2D eigenvalue weighted by Crippen LogP contribution is -2.44. The largest absolute Gasteiger partial charge is 0.354 e. The van der Waals surface area contributed by atoms with Crippen LogP contribution in [0.4, 0.5) is 5.82 Å². The van der Waals surface area contributed by atoms with Gasteiger partial charge in [-0.3, -0.25) is 4.99 Å². The Morgan fingerprint density at radius 2 is 1.97 bits per heavy atom. The monoisotopic (exact) mass is 531 g/mol. The minimum Gasteiger partial charge on any atom is -0.354 e. The van der Waals surface area contributed by atoms with E-state index in [1.807, 2.05) is 37.1 Å². The van der Waals surface area contributed by atoms with Gasteiger partial charge >= 0.3 is 0 Å². The van der Waals surface area contributed by atoms with Gasteiger partial charge in [-0.05, 0) is 24.7 Å². The number of guanidine groups is 1. The first kappa shape index (κ1) is 23.8. The van der Waals surface area contributed by atoms with Crippen LogP contribution in [0.5, 0.6) is 0 Å². The van der Waals surface area contributed by atoms with Crippen molar-refractivity contribution in [3.8, 4) is 0 Å². The van der Waals surface area contributed by atoms with Crippen molar-refractivity contribution in [2.24, 2.45) is 12.0 Å². The highest BCUT2D eigenvalue weighted by atomic mass is 127. The van der Waals surface area contributed by atoms with Crippen LogP contribution >= 0.6 is 35.6 Å². The van der Waals surface area contributed by atoms with Crippen LogP contribution in [-0.4, -0.2) is 72.6 Å². The van der Waals surface area contributed by atoms with Gasteiger partial charge in [0.25, 0.3) is 0 Å². The molecule has 7 nitrogen and oxygen atoms in total. The molecule has 3 heterocycles. The predicted molar refractivity (Wildman–Crippen MR) is 131 cm³/mol. The highest BCUT2D eigenvalue weighted by molar-refractivity contribution is 14.0. The van der Waals surface area contributed by atoms with Crippen molar-refractivity contribution < 1.29 is 0 Å². The molecule has 0 unspecified atom stereocenters. The molecule has 1 saturated heterocycles. The lowest BCUT2D eigenvalue weighted by Gasteiger charge is -2.33. The Bertz CT molecular complexity index is 798. The molecule has 0 aliphatic carbocycles. The van der Waals surface area contributed by atoms with Gasteiger partial charge in [0, 0.05) is 72.0 Å². The molecule has 29 heavy (non-hydrogen) atoms. The summed E-state index contributed by atoms with van der Waals surface area (Å²) in [7, 11) is 7.98. The standard InChI is InChI=1S/C20H30ClN7.HI/c1-22-20(27(4)15-18-11-17(21)14-26(18)3)24-13-16-5-6-19(23-12-16)28-9-7-25(2)8-10-28;/h5-6,11-12,14H,7-10,13,15H2,1-4H3,(H,22,24);1H. The molecule has 160 valence electrons. The zero-order valence-electron chi connectivity index (χ0n) is 17.6. The normalized spacial score (nSPS) is 15.2. The van der Waals surface area contributed by atoms with Crippen molar-refractivity contribution in [2.45, 2.75) is 13.1 Å². The minimum absolute atomic E-state index is 0. The van der Waals surface area contributed by atoms with E-state index >= 15 is 0 Å². The number of aromatic nitrogens is 2. The molecule has 0 aromatic carbocycles. The van der Waals surface area contributed by atoms with E-state index in [-0.39, 0.29) is 24.0 Å². The van der Waals surface area contributed by atoms with Crippen LogP contribution in [0.15, 0.2) is 35.6 Å². The molecule has 1 aliphatic heterocycles. The van der Waals surface area contributed by atoms with Crippen LogP contribution in [0.1, 0.15) is 11.3 Å². The number of nitrogens with one attached hydrogen (secondary N) is 1. The van der Waals surface area contributed by atoms with E-state index in [0.29, 0.717) is 6.54 Å². The van der Waals surface area contributed by atoms with Crippen LogP contribution in [-0.2, 0) is 20.1 Å². The first-order valence-corrected chi connectivity index (χ1v) is 9.95. The average molecular weight is 532 g/mol. The predicted octanol–water partition coefficient (Wildman–Crippen LogP) is 2.65. The van der Waals surface area contributed by atoms with E-state index < -0.39 is 0 Å². The molecule has 0 spiro atoms. The third kappa shape index (κ3) is 6.48. The van der Waals surface area contributed by atoms with E-state index in [9.17, 15) is 0 Å². The van der Waals surface area contributed by atoms with E-state index in [2.05, 4.69) is 49.2 Å². The van der Waals surface area contributed by atoms with Crippen LogP contribution in [0, 0.1) is 0 Å². The number of rotatable bonds is 5. The van der Waals surface area contributed by atoms with Gasteiger partial charge in [0.15, 0.2) is 5.96 Å². The molecule has 0 atom stereocenters. The van der Waals surface area contributed by atoms with Crippen molar-refractivity contribution in [1.82, 2.24) is 24.7 Å². The molecule has 1 fully saturated rings. The second kappa shape index (κ2) is 11.0. The first-order chi connectivity index (χ1) is 13.5. The summed E-state index contributed by atoms with van der Waals surface area (Å²) >= 11 is 6.08. The molecule has 0 amide bonds. The summed E-state index contributed by atoms with van der Waals surface area (Å²) in [6.45, 7) is 5.63. The summed E-state index contributed by atoms with van der Waals surface area (Å²) < 4.78 is 2.03. The van der Waals surface area contributed by atoms with Crippen molar-refractivity contribution in [3.63, 3.8) is 0 Å². The Balaban J connectivity index is 0.00000300. The Morgan fingerprint density at radius 1 is 1.24 bits per heavy atom. The van der Waals surface area contributed by atoms with Crippen LogP contribution in [0.3, 0.4) is 0 Å². The lowest BCUT2D eigenvalue weighted by atomic mass is 10.2. The Morgan fingerprint density at radius 3 is 2.52 bits per heavy atom. The number of pyridine rings is 1. The lowest BCUT2D eigenvalue weighted by molar-refractivity contribution is 0.312. The number of likely N-dealkylation sites (N-methyl/N-ethyl adjacent to an activating group) is 1. The van der Waals surface area contributed by atoms with Gasteiger partial charge in [0.2, 0.25) is 0 Å². The van der Waals surface area contributed by atoms with Gasteiger partial charge in [0.05, 0.1) is 11.6 Å². The quantitative estimate of drug-likeness (QED) is 0.365. The van der Waals surface area contributed by atoms with Crippen LogP contribution in [0.2, 0.25) is 5.02 Å². The summed E-state index contributed by atoms with van der Waals surface area (Å²) in [5.74, 6) is 1.89. The zero-order valence-corrected chi connectivity index (χ0v) is 20.7. The maximum absolute atomic E-state index is 6.08. The van der Waals surface area contributed by atoms with E-state index in [0.717, 1.165) is 60.8 Å². The molecule has 0 radical (unpaired) electrons. The van der Waals surface area contributed by atoms with Gasteiger partial charge < -0.3 is 24.6 Å².